The number of aryl methyl sites for hydroxylation is 1. The number of hydrogen-bond acceptors (Lipinski definition) is 7. The molecule has 2 aromatic heterocycles. The lowest BCUT2D eigenvalue weighted by Crippen LogP contribution is -2.32. The van der Waals surface area contributed by atoms with Crippen molar-refractivity contribution in [1.29, 1.82) is 0 Å². The van der Waals surface area contributed by atoms with Gasteiger partial charge in [0.15, 0.2) is 0 Å². The highest BCUT2D eigenvalue weighted by Crippen LogP contribution is 2.64. The molecule has 8 heteroatoms. The summed E-state index contributed by atoms with van der Waals surface area (Å²) < 4.78 is 15.9. The zero-order chi connectivity index (χ0) is 17.7. The monoisotopic (exact) mass is 359 g/mol. The minimum atomic E-state index is -1.03. The Hall–Kier alpha value is -2.16. The molecule has 0 amide bonds. The SMILES string of the molecule is Cc1c(-n2c(O)c3c(c2O)C2(C)OC3(C)C[C@@H]2O)ccc2nsnc12. The van der Waals surface area contributed by atoms with Gasteiger partial charge in [-0.2, -0.15) is 8.75 Å². The van der Waals surface area contributed by atoms with E-state index in [4.69, 9.17) is 4.74 Å². The van der Waals surface area contributed by atoms with Crippen LogP contribution in [0.15, 0.2) is 12.1 Å². The van der Waals surface area contributed by atoms with E-state index in [1.165, 1.54) is 4.57 Å². The van der Waals surface area contributed by atoms with E-state index >= 15 is 0 Å². The van der Waals surface area contributed by atoms with E-state index in [9.17, 15) is 15.3 Å². The number of hydrogen-bond donors (Lipinski definition) is 3. The van der Waals surface area contributed by atoms with Gasteiger partial charge >= 0.3 is 0 Å². The average molecular weight is 359 g/mol. The Morgan fingerprint density at radius 2 is 1.92 bits per heavy atom. The van der Waals surface area contributed by atoms with Gasteiger partial charge < -0.3 is 20.1 Å². The van der Waals surface area contributed by atoms with Crippen LogP contribution in [0, 0.1) is 6.92 Å². The summed E-state index contributed by atoms with van der Waals surface area (Å²) in [5, 5.41) is 32.3. The maximum atomic E-state index is 10.9. The summed E-state index contributed by atoms with van der Waals surface area (Å²) in [5.74, 6) is -0.167. The fourth-order valence-electron chi connectivity index (χ4n) is 4.47. The molecule has 0 radical (unpaired) electrons. The van der Waals surface area contributed by atoms with Crippen LogP contribution in [0.2, 0.25) is 0 Å². The zero-order valence-electron chi connectivity index (χ0n) is 13.9. The molecule has 3 atom stereocenters. The van der Waals surface area contributed by atoms with Gasteiger partial charge in [0.05, 0.1) is 40.2 Å². The second-order valence-corrected chi connectivity index (χ2v) is 7.76. The molecule has 1 saturated heterocycles. The zero-order valence-corrected chi connectivity index (χ0v) is 14.8. The van der Waals surface area contributed by atoms with Crippen molar-refractivity contribution in [3.63, 3.8) is 0 Å². The van der Waals surface area contributed by atoms with Gasteiger partial charge in [-0.25, -0.2) is 0 Å². The van der Waals surface area contributed by atoms with Crippen molar-refractivity contribution >= 4 is 22.8 Å². The molecule has 7 nitrogen and oxygen atoms in total. The van der Waals surface area contributed by atoms with Gasteiger partial charge in [-0.3, -0.25) is 4.57 Å². The predicted molar refractivity (Wildman–Crippen MR) is 91.2 cm³/mol. The number of aliphatic hydroxyl groups is 1. The quantitative estimate of drug-likeness (QED) is 0.617. The molecule has 130 valence electrons. The summed E-state index contributed by atoms with van der Waals surface area (Å²) in [6.07, 6.45) is -0.362. The molecule has 2 aliphatic heterocycles. The molecule has 25 heavy (non-hydrogen) atoms. The Balaban J connectivity index is 1.83. The molecule has 2 bridgehead atoms. The van der Waals surface area contributed by atoms with Crippen molar-refractivity contribution in [3.05, 3.63) is 28.8 Å². The van der Waals surface area contributed by atoms with Crippen LogP contribution in [-0.4, -0.2) is 34.7 Å². The molecule has 2 aliphatic rings. The van der Waals surface area contributed by atoms with Crippen LogP contribution in [0.1, 0.15) is 37.0 Å². The first-order valence-electron chi connectivity index (χ1n) is 8.06. The second kappa shape index (κ2) is 4.32. The number of rotatable bonds is 1. The summed E-state index contributed by atoms with van der Waals surface area (Å²) >= 11 is 1.13. The maximum absolute atomic E-state index is 10.9. The molecule has 0 aliphatic carbocycles. The maximum Gasteiger partial charge on any atom is 0.205 e. The van der Waals surface area contributed by atoms with E-state index in [0.29, 0.717) is 23.2 Å². The predicted octanol–water partition coefficient (Wildman–Crippen LogP) is 2.43. The third-order valence-corrected chi connectivity index (χ3v) is 6.24. The van der Waals surface area contributed by atoms with Gasteiger partial charge in [0.1, 0.15) is 16.6 Å². The molecule has 3 N–H and O–H groups in total. The lowest BCUT2D eigenvalue weighted by atomic mass is 9.78. The Labute approximate surface area is 147 Å². The highest BCUT2D eigenvalue weighted by atomic mass is 32.1. The van der Waals surface area contributed by atoms with Crippen molar-refractivity contribution in [2.45, 2.75) is 44.5 Å². The second-order valence-electron chi connectivity index (χ2n) is 7.23. The third-order valence-electron chi connectivity index (χ3n) is 5.70. The Bertz CT molecular complexity index is 1060. The fourth-order valence-corrected chi connectivity index (χ4v) is 5.06. The molecule has 2 unspecified atom stereocenters. The van der Waals surface area contributed by atoms with Crippen LogP contribution in [-0.2, 0) is 15.9 Å². The molecule has 1 fully saturated rings. The van der Waals surface area contributed by atoms with E-state index in [-0.39, 0.29) is 11.8 Å². The molecule has 5 rings (SSSR count). The van der Waals surface area contributed by atoms with Gasteiger partial charge in [-0.15, -0.1) is 0 Å². The van der Waals surface area contributed by atoms with Gasteiger partial charge in [0.2, 0.25) is 11.8 Å². The topological polar surface area (TPSA) is 101 Å². The molecule has 4 heterocycles. The van der Waals surface area contributed by atoms with Crippen LogP contribution in [0.25, 0.3) is 16.7 Å². The first-order valence-corrected chi connectivity index (χ1v) is 8.79. The van der Waals surface area contributed by atoms with E-state index in [1.807, 2.05) is 19.9 Å². The first kappa shape index (κ1) is 15.1. The molecule has 0 spiro atoms. The van der Waals surface area contributed by atoms with E-state index in [1.54, 1.807) is 13.0 Å². The Morgan fingerprint density at radius 3 is 2.68 bits per heavy atom. The largest absolute Gasteiger partial charge is 0.494 e. The number of benzene rings is 1. The lowest BCUT2D eigenvalue weighted by Gasteiger charge is -2.25. The van der Waals surface area contributed by atoms with Crippen LogP contribution in [0.5, 0.6) is 11.8 Å². The Kier molecular flexibility index (Phi) is 2.62. The van der Waals surface area contributed by atoms with Crippen molar-refractivity contribution < 1.29 is 20.1 Å². The molecular formula is C17H17N3O4S. The lowest BCUT2D eigenvalue weighted by molar-refractivity contribution is -0.0936. The third kappa shape index (κ3) is 1.58. The number of aromatic hydroxyl groups is 2. The highest BCUT2D eigenvalue weighted by Gasteiger charge is 2.64. The number of fused-ring (bicyclic) bond motifs is 6. The van der Waals surface area contributed by atoms with Crippen LogP contribution in [0.3, 0.4) is 0 Å². The van der Waals surface area contributed by atoms with E-state index < -0.39 is 17.3 Å². The van der Waals surface area contributed by atoms with Crippen molar-refractivity contribution in [2.24, 2.45) is 0 Å². The summed E-state index contributed by atoms with van der Waals surface area (Å²) in [4.78, 5) is 0. The number of nitrogens with zero attached hydrogens (tertiary/aromatic N) is 3. The number of ether oxygens (including phenoxy) is 1. The summed E-state index contributed by atoms with van der Waals surface area (Å²) in [6, 6.07) is 3.62. The van der Waals surface area contributed by atoms with Crippen LogP contribution in [0.4, 0.5) is 0 Å². The van der Waals surface area contributed by atoms with E-state index in [0.717, 1.165) is 28.3 Å². The van der Waals surface area contributed by atoms with Crippen LogP contribution < -0.4 is 0 Å². The van der Waals surface area contributed by atoms with Gasteiger partial charge in [0, 0.05) is 12.0 Å². The fraction of sp³-hybridized carbons (Fsp3) is 0.412. The summed E-state index contributed by atoms with van der Waals surface area (Å²) in [5.41, 5.74) is 2.12. The summed E-state index contributed by atoms with van der Waals surface area (Å²) in [6.45, 7) is 5.46. The van der Waals surface area contributed by atoms with Crippen molar-refractivity contribution in [1.82, 2.24) is 13.3 Å². The summed E-state index contributed by atoms with van der Waals surface area (Å²) in [7, 11) is 0. The minimum absolute atomic E-state index is 0.0590. The first-order chi connectivity index (χ1) is 11.8. The molecule has 1 aromatic carbocycles. The minimum Gasteiger partial charge on any atom is -0.494 e. The standard InChI is InChI=1S/C17H17N3O4S/c1-7-9(5-4-8-13(7)19-25-18-8)20-14(22)11-12(15(20)23)17(3)10(21)6-16(11,2)24-17/h4-5,10,21-23H,6H2,1-3H3/t10-,16?,17?/m0/s1. The number of aromatic nitrogens is 3. The van der Waals surface area contributed by atoms with E-state index in [2.05, 4.69) is 8.75 Å². The molecular weight excluding hydrogens is 342 g/mol. The van der Waals surface area contributed by atoms with Gasteiger partial charge in [-0.1, -0.05) is 0 Å². The molecule has 3 aromatic rings. The Morgan fingerprint density at radius 1 is 1.20 bits per heavy atom. The van der Waals surface area contributed by atoms with Gasteiger partial charge in [0.25, 0.3) is 0 Å². The normalized spacial score (nSPS) is 30.3. The molecule has 0 saturated carbocycles. The van der Waals surface area contributed by atoms with Gasteiger partial charge in [-0.05, 0) is 32.9 Å². The highest BCUT2D eigenvalue weighted by molar-refractivity contribution is 7.00. The average Bonchev–Trinajstić information content (AvgIpc) is 3.22. The number of aliphatic hydroxyl groups excluding tert-OH is 1. The van der Waals surface area contributed by atoms with Crippen molar-refractivity contribution in [2.75, 3.05) is 0 Å². The smallest absolute Gasteiger partial charge is 0.205 e. The van der Waals surface area contributed by atoms with Crippen molar-refractivity contribution in [3.8, 4) is 17.4 Å². The van der Waals surface area contributed by atoms with Crippen LogP contribution >= 0.6 is 11.7 Å².